The highest BCUT2D eigenvalue weighted by molar-refractivity contribution is 7.92. The predicted molar refractivity (Wildman–Crippen MR) is 190 cm³/mol. The summed E-state index contributed by atoms with van der Waals surface area (Å²) in [6.07, 6.45) is 0.260. The minimum atomic E-state index is -3.96. The number of methoxy groups -OCH3 is 1. The molecule has 0 heterocycles. The number of amides is 2. The van der Waals surface area contributed by atoms with Crippen LogP contribution in [0.4, 0.5) is 10.1 Å². The van der Waals surface area contributed by atoms with Crippen LogP contribution in [0.2, 0.25) is 0 Å². The van der Waals surface area contributed by atoms with E-state index in [1.807, 2.05) is 73.7 Å². The zero-order valence-electron chi connectivity index (χ0n) is 27.7. The first-order valence-corrected chi connectivity index (χ1v) is 17.4. The van der Waals surface area contributed by atoms with Gasteiger partial charge in [0.05, 0.1) is 12.0 Å². The molecule has 258 valence electrons. The Morgan fingerprint density at radius 1 is 0.760 bits per heavy atom. The molecule has 50 heavy (non-hydrogen) atoms. The molecule has 0 fully saturated rings. The molecule has 5 rings (SSSR count). The van der Waals surface area contributed by atoms with E-state index in [-0.39, 0.29) is 41.7 Å². The lowest BCUT2D eigenvalue weighted by molar-refractivity contribution is -0.142. The van der Waals surface area contributed by atoms with Crippen molar-refractivity contribution in [2.75, 3.05) is 18.4 Å². The Morgan fingerprint density at radius 3 is 2.02 bits per heavy atom. The van der Waals surface area contributed by atoms with E-state index in [0.717, 1.165) is 34.4 Å². The molecule has 0 radical (unpaired) electrons. The van der Waals surface area contributed by atoms with Crippen LogP contribution >= 0.6 is 0 Å². The molecule has 5 aromatic carbocycles. The van der Waals surface area contributed by atoms with Gasteiger partial charge in [0.25, 0.3) is 15.9 Å². The van der Waals surface area contributed by atoms with E-state index in [9.17, 15) is 22.4 Å². The standard InChI is InChI=1S/C39H38FN3O6S/c1-28-8-10-30(11-9-28)25-41-39(45)37(24-29-6-4-3-5-7-29)43(26-31-12-18-34(48-2)19-13-31)38(44)27-49-35-20-22-36(23-21-35)50(46,47)42-33-16-14-32(40)15-17-33/h3-23,37,42H,24-27H2,1-2H3,(H,41,45)/t37-/m1/s1. The summed E-state index contributed by atoms with van der Waals surface area (Å²) in [7, 11) is -2.39. The Bertz CT molecular complexity index is 1970. The molecule has 0 spiro atoms. The molecular weight excluding hydrogens is 658 g/mol. The third-order valence-corrected chi connectivity index (χ3v) is 9.36. The van der Waals surface area contributed by atoms with Crippen LogP contribution in [0.15, 0.2) is 132 Å². The van der Waals surface area contributed by atoms with Crippen LogP contribution < -0.4 is 19.5 Å². The number of carbonyl (C=O) groups excluding carboxylic acids is 2. The molecule has 2 amide bonds. The summed E-state index contributed by atoms with van der Waals surface area (Å²) in [5.41, 5.74) is 3.91. The van der Waals surface area contributed by atoms with Crippen molar-refractivity contribution in [3.63, 3.8) is 0 Å². The highest BCUT2D eigenvalue weighted by atomic mass is 32.2. The monoisotopic (exact) mass is 695 g/mol. The van der Waals surface area contributed by atoms with Crippen molar-refractivity contribution >= 4 is 27.5 Å². The number of halogens is 1. The summed E-state index contributed by atoms with van der Waals surface area (Å²) < 4.78 is 52.5. The van der Waals surface area contributed by atoms with Crippen molar-refractivity contribution in [3.05, 3.63) is 155 Å². The van der Waals surface area contributed by atoms with Gasteiger partial charge in [-0.25, -0.2) is 12.8 Å². The van der Waals surface area contributed by atoms with Gasteiger partial charge in [-0.15, -0.1) is 0 Å². The summed E-state index contributed by atoms with van der Waals surface area (Å²) in [4.78, 5) is 29.4. The fraction of sp³-hybridized carbons (Fsp3) is 0.179. The summed E-state index contributed by atoms with van der Waals surface area (Å²) >= 11 is 0. The van der Waals surface area contributed by atoms with Crippen LogP contribution in [0.1, 0.15) is 22.3 Å². The van der Waals surface area contributed by atoms with Crippen LogP contribution in [0.3, 0.4) is 0 Å². The third kappa shape index (κ3) is 9.93. The number of sulfonamides is 1. The van der Waals surface area contributed by atoms with Gasteiger partial charge in [0.1, 0.15) is 23.4 Å². The zero-order valence-corrected chi connectivity index (χ0v) is 28.5. The second kappa shape index (κ2) is 16.6. The fourth-order valence-corrected chi connectivity index (χ4v) is 6.23. The molecule has 0 bridgehead atoms. The second-order valence-corrected chi connectivity index (χ2v) is 13.3. The largest absolute Gasteiger partial charge is 0.497 e. The smallest absolute Gasteiger partial charge is 0.261 e. The Morgan fingerprint density at radius 2 is 1.38 bits per heavy atom. The van der Waals surface area contributed by atoms with Crippen LogP contribution in [0, 0.1) is 12.7 Å². The maximum Gasteiger partial charge on any atom is 0.261 e. The number of carbonyl (C=O) groups is 2. The molecule has 2 N–H and O–H groups in total. The highest BCUT2D eigenvalue weighted by Gasteiger charge is 2.31. The second-order valence-electron chi connectivity index (χ2n) is 11.7. The summed E-state index contributed by atoms with van der Waals surface area (Å²) in [5.74, 6) is -0.334. The molecule has 0 saturated carbocycles. The van der Waals surface area contributed by atoms with Crippen molar-refractivity contribution in [3.8, 4) is 11.5 Å². The number of hydrogen-bond donors (Lipinski definition) is 2. The van der Waals surface area contributed by atoms with Gasteiger partial charge in [-0.05, 0) is 84.3 Å². The average Bonchev–Trinajstić information content (AvgIpc) is 3.13. The predicted octanol–water partition coefficient (Wildman–Crippen LogP) is 6.28. The van der Waals surface area contributed by atoms with Crippen molar-refractivity contribution in [1.82, 2.24) is 10.2 Å². The SMILES string of the molecule is COc1ccc(CN(C(=O)COc2ccc(S(=O)(=O)Nc3ccc(F)cc3)cc2)[C@H](Cc2ccccc2)C(=O)NCc2ccc(C)cc2)cc1. The molecule has 0 aliphatic heterocycles. The normalized spacial score (nSPS) is 11.7. The average molecular weight is 696 g/mol. The molecule has 9 nitrogen and oxygen atoms in total. The summed E-state index contributed by atoms with van der Waals surface area (Å²) in [6.45, 7) is 1.99. The Kier molecular flexibility index (Phi) is 11.8. The lowest BCUT2D eigenvalue weighted by Gasteiger charge is -2.31. The van der Waals surface area contributed by atoms with Gasteiger partial charge in [-0.3, -0.25) is 14.3 Å². The molecule has 11 heteroatoms. The first-order valence-electron chi connectivity index (χ1n) is 15.9. The van der Waals surface area contributed by atoms with E-state index in [4.69, 9.17) is 9.47 Å². The van der Waals surface area contributed by atoms with Crippen LogP contribution in [0.5, 0.6) is 11.5 Å². The molecular formula is C39H38FN3O6S. The molecule has 0 saturated heterocycles. The number of aryl methyl sites for hydroxylation is 1. The minimum absolute atomic E-state index is 0.0465. The molecule has 0 aromatic heterocycles. The number of benzene rings is 5. The quantitative estimate of drug-likeness (QED) is 0.133. The molecule has 0 aliphatic carbocycles. The number of ether oxygens (including phenoxy) is 2. The van der Waals surface area contributed by atoms with E-state index >= 15 is 0 Å². The van der Waals surface area contributed by atoms with Crippen molar-refractivity contribution in [2.45, 2.75) is 37.4 Å². The number of nitrogens with one attached hydrogen (secondary N) is 2. The van der Waals surface area contributed by atoms with Gasteiger partial charge in [0.2, 0.25) is 5.91 Å². The first kappa shape index (κ1) is 35.6. The first-order chi connectivity index (χ1) is 24.1. The van der Waals surface area contributed by atoms with Gasteiger partial charge in [0, 0.05) is 25.2 Å². The molecule has 1 atom stereocenters. The van der Waals surface area contributed by atoms with E-state index in [1.54, 1.807) is 19.2 Å². The van der Waals surface area contributed by atoms with Gasteiger partial charge in [0.15, 0.2) is 6.61 Å². The summed E-state index contributed by atoms with van der Waals surface area (Å²) in [5, 5.41) is 3.02. The lowest BCUT2D eigenvalue weighted by atomic mass is 10.0. The Hall–Kier alpha value is -5.68. The topological polar surface area (TPSA) is 114 Å². The van der Waals surface area contributed by atoms with E-state index in [2.05, 4.69) is 10.0 Å². The van der Waals surface area contributed by atoms with Crippen molar-refractivity contribution in [1.29, 1.82) is 0 Å². The zero-order chi connectivity index (χ0) is 35.5. The van der Waals surface area contributed by atoms with Crippen molar-refractivity contribution in [2.24, 2.45) is 0 Å². The van der Waals surface area contributed by atoms with E-state index in [0.29, 0.717) is 5.75 Å². The van der Waals surface area contributed by atoms with Gasteiger partial charge in [-0.2, -0.15) is 0 Å². The third-order valence-electron chi connectivity index (χ3n) is 7.96. The molecule has 0 unspecified atom stereocenters. The maximum absolute atomic E-state index is 14.0. The van der Waals surface area contributed by atoms with Crippen LogP contribution in [0.25, 0.3) is 0 Å². The lowest BCUT2D eigenvalue weighted by Crippen LogP contribution is -2.51. The minimum Gasteiger partial charge on any atom is -0.497 e. The van der Waals surface area contributed by atoms with Gasteiger partial charge in [-0.1, -0.05) is 72.3 Å². The number of nitrogens with zero attached hydrogens (tertiary/aromatic N) is 1. The van der Waals surface area contributed by atoms with E-state index in [1.165, 1.54) is 41.3 Å². The number of rotatable bonds is 15. The molecule has 5 aromatic rings. The van der Waals surface area contributed by atoms with Crippen LogP contribution in [-0.4, -0.2) is 44.9 Å². The number of anilines is 1. The fourth-order valence-electron chi connectivity index (χ4n) is 5.17. The molecule has 0 aliphatic rings. The van der Waals surface area contributed by atoms with E-state index < -0.39 is 34.4 Å². The van der Waals surface area contributed by atoms with Crippen molar-refractivity contribution < 1.29 is 31.9 Å². The Balaban J connectivity index is 1.35. The highest BCUT2D eigenvalue weighted by Crippen LogP contribution is 2.21. The van der Waals surface area contributed by atoms with Gasteiger partial charge >= 0.3 is 0 Å². The number of hydrogen-bond acceptors (Lipinski definition) is 6. The van der Waals surface area contributed by atoms with Crippen LogP contribution in [-0.2, 0) is 39.1 Å². The maximum atomic E-state index is 14.0. The van der Waals surface area contributed by atoms with Gasteiger partial charge < -0.3 is 19.7 Å². The Labute approximate surface area is 291 Å². The summed E-state index contributed by atoms with van der Waals surface area (Å²) in [6, 6.07) is 34.2.